The quantitative estimate of drug-likeness (QED) is 0.405. The Morgan fingerprint density at radius 3 is 2.31 bits per heavy atom. The van der Waals surface area contributed by atoms with Crippen molar-refractivity contribution < 1.29 is 19.1 Å². The Labute approximate surface area is 217 Å². The average molecular weight is 528 g/mol. The Hall–Kier alpha value is -3.63. The van der Waals surface area contributed by atoms with Gasteiger partial charge in [-0.3, -0.25) is 19.3 Å². The fourth-order valence-corrected chi connectivity index (χ4v) is 5.15. The molecule has 9 nitrogen and oxygen atoms in total. The molecular formula is C25H26ClN5O4S. The Bertz CT molecular complexity index is 1260. The molecule has 0 unspecified atom stereocenters. The molecule has 0 bridgehead atoms. The molecule has 1 aliphatic carbocycles. The van der Waals surface area contributed by atoms with E-state index in [-0.39, 0.29) is 28.2 Å². The largest absolute Gasteiger partial charge is 0.497 e. The Kier molecular flexibility index (Phi) is 7.76. The molecule has 1 saturated carbocycles. The molecule has 3 amide bonds. The molecule has 1 aliphatic rings. The maximum atomic E-state index is 14.0. The zero-order chi connectivity index (χ0) is 25.8. The predicted molar refractivity (Wildman–Crippen MR) is 139 cm³/mol. The summed E-state index contributed by atoms with van der Waals surface area (Å²) < 4.78 is 9.24. The van der Waals surface area contributed by atoms with Gasteiger partial charge in [0.15, 0.2) is 5.69 Å². The molecule has 0 saturated heterocycles. The van der Waals surface area contributed by atoms with Crippen molar-refractivity contribution in [3.05, 3.63) is 69.7 Å². The lowest BCUT2D eigenvalue weighted by molar-refractivity contribution is -0.123. The first kappa shape index (κ1) is 25.5. The van der Waals surface area contributed by atoms with E-state index >= 15 is 0 Å². The molecule has 1 atom stereocenters. The van der Waals surface area contributed by atoms with Gasteiger partial charge in [-0.2, -0.15) is 4.37 Å². The first-order valence-electron chi connectivity index (χ1n) is 11.4. The van der Waals surface area contributed by atoms with Crippen LogP contribution in [0.3, 0.4) is 0 Å². The molecule has 1 fully saturated rings. The minimum Gasteiger partial charge on any atom is -0.497 e. The molecule has 5 N–H and O–H groups in total. The molecule has 4 rings (SSSR count). The van der Waals surface area contributed by atoms with Crippen molar-refractivity contribution in [1.29, 1.82) is 0 Å². The maximum Gasteiger partial charge on any atom is 0.273 e. The molecular weight excluding hydrogens is 502 g/mol. The number of anilines is 2. The lowest BCUT2D eigenvalue weighted by Gasteiger charge is -2.32. The van der Waals surface area contributed by atoms with Crippen LogP contribution in [0, 0.1) is 0 Å². The normalized spacial score (nSPS) is 14.3. The zero-order valence-electron chi connectivity index (χ0n) is 19.6. The standard InChI is InChI=1S/C25H26ClN5O4S/c1-35-18-12-6-14(7-13-18)21(24(33)29-16-4-2-3-5-16)31(17-10-8-15(26)9-11-17)25(34)22-19(27)20(23(28)32)30-36-22/h6-13,16,21H,2-5,27H2,1H3,(H2,28,32)(H,29,33)/t21-/m0/s1. The van der Waals surface area contributed by atoms with Crippen LogP contribution in [0.2, 0.25) is 5.02 Å². The van der Waals surface area contributed by atoms with Crippen LogP contribution in [0.5, 0.6) is 5.75 Å². The van der Waals surface area contributed by atoms with E-state index in [4.69, 9.17) is 27.8 Å². The lowest BCUT2D eigenvalue weighted by Crippen LogP contribution is -2.46. The molecule has 0 aliphatic heterocycles. The third-order valence-corrected chi connectivity index (χ3v) is 7.22. The molecule has 3 aromatic rings. The van der Waals surface area contributed by atoms with E-state index in [9.17, 15) is 14.4 Å². The minimum atomic E-state index is -1.05. The van der Waals surface area contributed by atoms with Crippen molar-refractivity contribution in [2.75, 3.05) is 17.7 Å². The number of benzene rings is 2. The molecule has 1 aromatic heterocycles. The van der Waals surface area contributed by atoms with Gasteiger partial charge >= 0.3 is 0 Å². The van der Waals surface area contributed by atoms with Crippen LogP contribution in [0.1, 0.15) is 57.4 Å². The number of amides is 3. The zero-order valence-corrected chi connectivity index (χ0v) is 21.1. The molecule has 0 spiro atoms. The summed E-state index contributed by atoms with van der Waals surface area (Å²) in [7, 11) is 1.55. The van der Waals surface area contributed by atoms with Crippen molar-refractivity contribution >= 4 is 52.2 Å². The van der Waals surface area contributed by atoms with Crippen molar-refractivity contribution in [2.45, 2.75) is 37.8 Å². The summed E-state index contributed by atoms with van der Waals surface area (Å²) in [6.07, 6.45) is 3.82. The van der Waals surface area contributed by atoms with E-state index in [1.165, 1.54) is 4.90 Å². The van der Waals surface area contributed by atoms with Gasteiger partial charge in [-0.1, -0.05) is 36.6 Å². The number of hydrogen-bond donors (Lipinski definition) is 3. The van der Waals surface area contributed by atoms with E-state index < -0.39 is 17.9 Å². The van der Waals surface area contributed by atoms with Gasteiger partial charge in [0.05, 0.1) is 12.8 Å². The number of carbonyl (C=O) groups is 3. The van der Waals surface area contributed by atoms with Crippen LogP contribution in [0.15, 0.2) is 48.5 Å². The summed E-state index contributed by atoms with van der Waals surface area (Å²) in [6, 6.07) is 12.4. The van der Waals surface area contributed by atoms with E-state index in [0.29, 0.717) is 22.0 Å². The number of nitrogens with one attached hydrogen (secondary N) is 1. The topological polar surface area (TPSA) is 141 Å². The van der Waals surface area contributed by atoms with Crippen molar-refractivity contribution in [1.82, 2.24) is 9.69 Å². The van der Waals surface area contributed by atoms with Gasteiger partial charge in [0.2, 0.25) is 5.91 Å². The Balaban J connectivity index is 1.84. The van der Waals surface area contributed by atoms with Gasteiger partial charge in [0.25, 0.3) is 11.8 Å². The monoisotopic (exact) mass is 527 g/mol. The lowest BCUT2D eigenvalue weighted by atomic mass is 10.0. The van der Waals surface area contributed by atoms with Crippen LogP contribution < -0.4 is 26.4 Å². The second-order valence-electron chi connectivity index (χ2n) is 8.46. The number of hydrogen-bond acceptors (Lipinski definition) is 7. The second-order valence-corrected chi connectivity index (χ2v) is 9.67. The highest BCUT2D eigenvalue weighted by molar-refractivity contribution is 7.09. The number of nitrogens with two attached hydrogens (primary N) is 2. The number of methoxy groups -OCH3 is 1. The van der Waals surface area contributed by atoms with E-state index in [1.54, 1.807) is 55.6 Å². The third-order valence-electron chi connectivity index (χ3n) is 6.12. The number of rotatable bonds is 8. The van der Waals surface area contributed by atoms with Gasteiger partial charge in [0, 0.05) is 16.8 Å². The summed E-state index contributed by atoms with van der Waals surface area (Å²) in [4.78, 5) is 40.9. The smallest absolute Gasteiger partial charge is 0.273 e. The number of aromatic nitrogens is 1. The fraction of sp³-hybridized carbons (Fsp3) is 0.280. The van der Waals surface area contributed by atoms with E-state index in [0.717, 1.165) is 37.2 Å². The molecule has 2 aromatic carbocycles. The Morgan fingerprint density at radius 2 is 1.75 bits per heavy atom. The van der Waals surface area contributed by atoms with Crippen LogP contribution in [0.4, 0.5) is 11.4 Å². The number of carbonyl (C=O) groups excluding carboxylic acids is 3. The number of primary amides is 1. The van der Waals surface area contributed by atoms with Crippen molar-refractivity contribution in [3.63, 3.8) is 0 Å². The molecule has 11 heteroatoms. The van der Waals surface area contributed by atoms with Gasteiger partial charge in [-0.25, -0.2) is 0 Å². The van der Waals surface area contributed by atoms with Gasteiger partial charge in [-0.15, -0.1) is 0 Å². The SMILES string of the molecule is COc1ccc([C@@H](C(=O)NC2CCCC2)N(C(=O)c2snc(C(N)=O)c2N)c2ccc(Cl)cc2)cc1. The minimum absolute atomic E-state index is 0.00549. The van der Waals surface area contributed by atoms with E-state index in [1.807, 2.05) is 0 Å². The second kappa shape index (κ2) is 11.0. The third kappa shape index (κ3) is 5.29. The highest BCUT2D eigenvalue weighted by Gasteiger charge is 2.37. The van der Waals surface area contributed by atoms with Crippen LogP contribution in [0.25, 0.3) is 0 Å². The maximum absolute atomic E-state index is 14.0. The summed E-state index contributed by atoms with van der Waals surface area (Å²) in [5.74, 6) is -1.17. The van der Waals surface area contributed by atoms with Gasteiger partial charge in [-0.05, 0) is 66.3 Å². The number of nitrogen functional groups attached to an aromatic ring is 1. The van der Waals surface area contributed by atoms with E-state index in [2.05, 4.69) is 9.69 Å². The molecule has 188 valence electrons. The van der Waals surface area contributed by atoms with Crippen LogP contribution in [-0.4, -0.2) is 35.2 Å². The Morgan fingerprint density at radius 1 is 1.11 bits per heavy atom. The first-order chi connectivity index (χ1) is 17.3. The van der Waals surface area contributed by atoms with Gasteiger partial charge < -0.3 is 21.5 Å². The fourth-order valence-electron chi connectivity index (χ4n) is 4.28. The number of nitrogens with zero attached hydrogens (tertiary/aromatic N) is 2. The first-order valence-corrected chi connectivity index (χ1v) is 12.5. The predicted octanol–water partition coefficient (Wildman–Crippen LogP) is 3.93. The molecule has 36 heavy (non-hydrogen) atoms. The van der Waals surface area contributed by atoms with Gasteiger partial charge in [0.1, 0.15) is 16.7 Å². The van der Waals surface area contributed by atoms with Crippen LogP contribution in [-0.2, 0) is 4.79 Å². The average Bonchev–Trinajstić information content (AvgIpc) is 3.52. The van der Waals surface area contributed by atoms with Crippen LogP contribution >= 0.6 is 23.1 Å². The highest BCUT2D eigenvalue weighted by Crippen LogP contribution is 2.34. The molecule has 0 radical (unpaired) electrons. The molecule has 1 heterocycles. The summed E-state index contributed by atoms with van der Waals surface area (Å²) >= 11 is 6.86. The summed E-state index contributed by atoms with van der Waals surface area (Å²) in [5, 5.41) is 3.57. The van der Waals surface area contributed by atoms with Crippen molar-refractivity contribution in [3.8, 4) is 5.75 Å². The number of ether oxygens (including phenoxy) is 1. The van der Waals surface area contributed by atoms with Crippen molar-refractivity contribution in [2.24, 2.45) is 5.73 Å². The summed E-state index contributed by atoms with van der Waals surface area (Å²) in [6.45, 7) is 0. The summed E-state index contributed by atoms with van der Waals surface area (Å²) in [5.41, 5.74) is 12.1. The highest BCUT2D eigenvalue weighted by atomic mass is 35.5. The number of halogens is 1.